The van der Waals surface area contributed by atoms with E-state index in [0.717, 1.165) is 10.9 Å². The van der Waals surface area contributed by atoms with E-state index in [2.05, 4.69) is 5.18 Å². The molecule has 3 heteroatoms. The monoisotopic (exact) mass is 177 g/mol. The molecule has 2 aromatic rings. The molecule has 0 N–H and O–H groups in total. The van der Waals surface area contributed by atoms with Crippen LogP contribution in [0.15, 0.2) is 34.8 Å². The van der Waals surface area contributed by atoms with Gasteiger partial charge in [-0.25, -0.2) is 0 Å². The first-order valence-electron chi connectivity index (χ1n) is 3.66. The zero-order chi connectivity index (χ0) is 8.39. The maximum atomic E-state index is 10.1. The van der Waals surface area contributed by atoms with Crippen LogP contribution in [0.1, 0.15) is 5.56 Å². The fraction of sp³-hybridized carbons (Fsp3) is 0.111. The lowest BCUT2D eigenvalue weighted by Gasteiger charge is -1.89. The van der Waals surface area contributed by atoms with Crippen LogP contribution in [-0.4, -0.2) is 0 Å². The van der Waals surface area contributed by atoms with E-state index >= 15 is 0 Å². The van der Waals surface area contributed by atoms with Crippen LogP contribution in [0.4, 0.5) is 0 Å². The van der Waals surface area contributed by atoms with Gasteiger partial charge >= 0.3 is 0 Å². The second-order valence-electron chi connectivity index (χ2n) is 2.54. The Labute approximate surface area is 73.8 Å². The van der Waals surface area contributed by atoms with Gasteiger partial charge in [0.1, 0.15) is 6.54 Å². The Morgan fingerprint density at radius 3 is 3.00 bits per heavy atom. The summed E-state index contributed by atoms with van der Waals surface area (Å²) in [5, 5.41) is 6.03. The number of benzene rings is 1. The van der Waals surface area contributed by atoms with Crippen LogP contribution in [0.3, 0.4) is 0 Å². The molecular formula is C9H7NOS. The third kappa shape index (κ3) is 1.12. The van der Waals surface area contributed by atoms with Crippen molar-refractivity contribution in [1.82, 2.24) is 0 Å². The number of hydrogen-bond acceptors (Lipinski definition) is 3. The zero-order valence-corrected chi connectivity index (χ0v) is 7.17. The molecule has 1 heterocycles. The Balaban J connectivity index is 2.62. The molecule has 60 valence electrons. The lowest BCUT2D eigenvalue weighted by atomic mass is 10.2. The van der Waals surface area contributed by atoms with Crippen LogP contribution in [0, 0.1) is 4.91 Å². The average molecular weight is 177 g/mol. The highest BCUT2D eigenvalue weighted by Gasteiger charge is 2.01. The summed E-state index contributed by atoms with van der Waals surface area (Å²) >= 11 is 1.65. The van der Waals surface area contributed by atoms with E-state index in [4.69, 9.17) is 0 Å². The molecule has 0 aliphatic rings. The number of nitrogens with zero attached hydrogens (tertiary/aromatic N) is 1. The fourth-order valence-electron chi connectivity index (χ4n) is 1.22. The maximum Gasteiger partial charge on any atom is 0.108 e. The lowest BCUT2D eigenvalue weighted by molar-refractivity contribution is 1.08. The van der Waals surface area contributed by atoms with Crippen LogP contribution in [0.2, 0.25) is 0 Å². The molecule has 0 radical (unpaired) electrons. The molecule has 2 nitrogen and oxygen atoms in total. The number of hydrogen-bond donors (Lipinski definition) is 0. The van der Waals surface area contributed by atoms with E-state index in [-0.39, 0.29) is 6.54 Å². The van der Waals surface area contributed by atoms with E-state index in [0.29, 0.717) is 0 Å². The maximum absolute atomic E-state index is 10.1. The predicted molar refractivity (Wildman–Crippen MR) is 51.3 cm³/mol. The minimum atomic E-state index is 0.282. The van der Waals surface area contributed by atoms with Crippen molar-refractivity contribution in [3.8, 4) is 0 Å². The molecule has 2 rings (SSSR count). The minimum Gasteiger partial charge on any atom is -0.150 e. The first-order valence-corrected chi connectivity index (χ1v) is 4.54. The minimum absolute atomic E-state index is 0.282. The van der Waals surface area contributed by atoms with Crippen molar-refractivity contribution in [3.05, 3.63) is 40.1 Å². The summed E-state index contributed by atoms with van der Waals surface area (Å²) in [6.07, 6.45) is 0. The number of fused-ring (bicyclic) bond motifs is 1. The number of thiophene rings is 1. The summed E-state index contributed by atoms with van der Waals surface area (Å²) < 4.78 is 1.22. The lowest BCUT2D eigenvalue weighted by Crippen LogP contribution is -1.74. The van der Waals surface area contributed by atoms with E-state index in [1.807, 2.05) is 29.6 Å². The third-order valence-electron chi connectivity index (χ3n) is 1.80. The molecule has 0 amide bonds. The standard InChI is InChI=1S/C9H7NOS/c11-10-5-7-6-12-9-4-2-1-3-8(7)9/h1-4,6H,5H2. The van der Waals surface area contributed by atoms with E-state index in [9.17, 15) is 4.91 Å². The van der Waals surface area contributed by atoms with Crippen LogP contribution >= 0.6 is 11.3 Å². The molecule has 0 saturated carbocycles. The van der Waals surface area contributed by atoms with Gasteiger partial charge in [-0.05, 0) is 22.4 Å². The SMILES string of the molecule is O=NCc1csc2ccccc12. The summed E-state index contributed by atoms with van der Waals surface area (Å²) in [5.74, 6) is 0. The van der Waals surface area contributed by atoms with Crippen LogP contribution in [-0.2, 0) is 6.54 Å². The van der Waals surface area contributed by atoms with E-state index in [1.165, 1.54) is 4.70 Å². The van der Waals surface area contributed by atoms with Gasteiger partial charge in [0.25, 0.3) is 0 Å². The molecule has 12 heavy (non-hydrogen) atoms. The number of rotatable bonds is 2. The molecule has 0 aliphatic heterocycles. The van der Waals surface area contributed by atoms with Gasteiger partial charge in [0.15, 0.2) is 0 Å². The molecular weight excluding hydrogens is 170 g/mol. The second-order valence-corrected chi connectivity index (χ2v) is 3.46. The molecule has 0 unspecified atom stereocenters. The largest absolute Gasteiger partial charge is 0.150 e. The van der Waals surface area contributed by atoms with Gasteiger partial charge < -0.3 is 0 Å². The van der Waals surface area contributed by atoms with Gasteiger partial charge in [-0.3, -0.25) is 0 Å². The molecule has 1 aromatic heterocycles. The Kier molecular flexibility index (Phi) is 1.87. The third-order valence-corrected chi connectivity index (χ3v) is 2.81. The molecule has 0 atom stereocenters. The van der Waals surface area contributed by atoms with Gasteiger partial charge in [-0.2, -0.15) is 4.91 Å². The van der Waals surface area contributed by atoms with E-state index < -0.39 is 0 Å². The van der Waals surface area contributed by atoms with Crippen LogP contribution in [0.25, 0.3) is 10.1 Å². The molecule has 0 aliphatic carbocycles. The molecule has 0 saturated heterocycles. The van der Waals surface area contributed by atoms with Gasteiger partial charge in [-0.15, -0.1) is 11.3 Å². The zero-order valence-electron chi connectivity index (χ0n) is 6.36. The first-order chi connectivity index (χ1) is 5.92. The molecule has 1 aromatic carbocycles. The summed E-state index contributed by atoms with van der Waals surface area (Å²) in [6.45, 7) is 0.282. The molecule has 0 fully saturated rings. The summed E-state index contributed by atoms with van der Waals surface area (Å²) in [7, 11) is 0. The van der Waals surface area contributed by atoms with Gasteiger partial charge in [0.2, 0.25) is 0 Å². The fourth-order valence-corrected chi connectivity index (χ4v) is 2.18. The highest BCUT2D eigenvalue weighted by Crippen LogP contribution is 2.25. The quantitative estimate of drug-likeness (QED) is 0.648. The Morgan fingerprint density at radius 2 is 2.17 bits per heavy atom. The van der Waals surface area contributed by atoms with Gasteiger partial charge in [-0.1, -0.05) is 23.4 Å². The highest BCUT2D eigenvalue weighted by atomic mass is 32.1. The number of nitroso groups, excluding NO2 is 1. The van der Waals surface area contributed by atoms with Gasteiger partial charge in [0, 0.05) is 4.70 Å². The molecule has 0 bridgehead atoms. The highest BCUT2D eigenvalue weighted by molar-refractivity contribution is 7.17. The molecule has 0 spiro atoms. The first kappa shape index (κ1) is 7.43. The van der Waals surface area contributed by atoms with Crippen molar-refractivity contribution >= 4 is 21.4 Å². The predicted octanol–water partition coefficient (Wildman–Crippen LogP) is 3.17. The van der Waals surface area contributed by atoms with Crippen LogP contribution < -0.4 is 0 Å². The summed E-state index contributed by atoms with van der Waals surface area (Å²) in [6, 6.07) is 8.04. The van der Waals surface area contributed by atoms with Crippen molar-refractivity contribution in [1.29, 1.82) is 0 Å². The van der Waals surface area contributed by atoms with Crippen molar-refractivity contribution in [3.63, 3.8) is 0 Å². The Hall–Kier alpha value is -1.22. The average Bonchev–Trinajstić information content (AvgIpc) is 2.50. The van der Waals surface area contributed by atoms with Crippen molar-refractivity contribution < 1.29 is 0 Å². The van der Waals surface area contributed by atoms with Crippen LogP contribution in [0.5, 0.6) is 0 Å². The summed E-state index contributed by atoms with van der Waals surface area (Å²) in [5.41, 5.74) is 1.03. The Bertz CT molecular complexity index is 408. The normalized spacial score (nSPS) is 10.3. The van der Waals surface area contributed by atoms with Crippen molar-refractivity contribution in [2.45, 2.75) is 6.54 Å². The topological polar surface area (TPSA) is 29.4 Å². The van der Waals surface area contributed by atoms with Gasteiger partial charge in [0.05, 0.1) is 0 Å². The smallest absolute Gasteiger partial charge is 0.108 e. The second kappa shape index (κ2) is 3.03. The van der Waals surface area contributed by atoms with Crippen molar-refractivity contribution in [2.24, 2.45) is 5.18 Å². The Morgan fingerprint density at radius 1 is 1.33 bits per heavy atom. The summed E-state index contributed by atoms with van der Waals surface area (Å²) in [4.78, 5) is 10.1. The van der Waals surface area contributed by atoms with E-state index in [1.54, 1.807) is 11.3 Å². The van der Waals surface area contributed by atoms with Crippen molar-refractivity contribution in [2.75, 3.05) is 0 Å².